The molecule has 0 fully saturated rings. The fourth-order valence-corrected chi connectivity index (χ4v) is 3.09. The number of sulfonamides is 1. The number of nitrogens with one attached hydrogen (secondary N) is 1. The fourth-order valence-electron chi connectivity index (χ4n) is 2.23. The van der Waals surface area contributed by atoms with E-state index in [9.17, 15) is 13.2 Å². The molecule has 0 aliphatic carbocycles. The number of methoxy groups -OCH3 is 1. The van der Waals surface area contributed by atoms with E-state index in [1.54, 1.807) is 61.7 Å². The SMILES string of the molecule is COc1cccc(OCCNC(=O)CN(c2ccccc2)S(C)(=O)=O)c1. The first-order valence-corrected chi connectivity index (χ1v) is 9.81. The number of hydrogen-bond acceptors (Lipinski definition) is 5. The van der Waals surface area contributed by atoms with E-state index in [0.717, 1.165) is 10.6 Å². The molecule has 0 saturated carbocycles. The summed E-state index contributed by atoms with van der Waals surface area (Å²) in [7, 11) is -2.00. The van der Waals surface area contributed by atoms with Gasteiger partial charge in [-0.3, -0.25) is 9.10 Å². The molecule has 140 valence electrons. The number of carbonyl (C=O) groups is 1. The van der Waals surface area contributed by atoms with Crippen LogP contribution >= 0.6 is 0 Å². The third-order valence-corrected chi connectivity index (χ3v) is 4.61. The van der Waals surface area contributed by atoms with Crippen molar-refractivity contribution in [3.63, 3.8) is 0 Å². The van der Waals surface area contributed by atoms with Crippen LogP contribution < -0.4 is 19.1 Å². The van der Waals surface area contributed by atoms with Gasteiger partial charge in [-0.25, -0.2) is 8.42 Å². The summed E-state index contributed by atoms with van der Waals surface area (Å²) >= 11 is 0. The zero-order valence-corrected chi connectivity index (χ0v) is 15.5. The normalized spacial score (nSPS) is 10.8. The Morgan fingerprint density at radius 3 is 2.42 bits per heavy atom. The van der Waals surface area contributed by atoms with Gasteiger partial charge in [-0.1, -0.05) is 24.3 Å². The summed E-state index contributed by atoms with van der Waals surface area (Å²) in [4.78, 5) is 12.1. The molecule has 2 aromatic rings. The quantitative estimate of drug-likeness (QED) is 0.671. The Morgan fingerprint density at radius 1 is 1.08 bits per heavy atom. The first kappa shape index (κ1) is 19.6. The fraction of sp³-hybridized carbons (Fsp3) is 0.278. The van der Waals surface area contributed by atoms with Crippen LogP contribution in [-0.4, -0.2) is 47.4 Å². The van der Waals surface area contributed by atoms with Crippen LogP contribution in [0.4, 0.5) is 5.69 Å². The molecule has 0 radical (unpaired) electrons. The van der Waals surface area contributed by atoms with Gasteiger partial charge in [0, 0.05) is 6.07 Å². The van der Waals surface area contributed by atoms with Crippen molar-refractivity contribution in [1.82, 2.24) is 5.32 Å². The minimum absolute atomic E-state index is 0.252. The van der Waals surface area contributed by atoms with E-state index >= 15 is 0 Å². The number of amides is 1. The average Bonchev–Trinajstić information content (AvgIpc) is 2.63. The van der Waals surface area contributed by atoms with Crippen molar-refractivity contribution in [2.24, 2.45) is 0 Å². The number of nitrogens with zero attached hydrogens (tertiary/aromatic N) is 1. The predicted molar refractivity (Wildman–Crippen MR) is 100 cm³/mol. The Labute approximate surface area is 153 Å². The molecule has 7 nitrogen and oxygen atoms in total. The molecule has 0 spiro atoms. The van der Waals surface area contributed by atoms with Crippen LogP contribution in [0.25, 0.3) is 0 Å². The minimum atomic E-state index is -3.57. The molecular weight excluding hydrogens is 356 g/mol. The molecule has 0 unspecified atom stereocenters. The van der Waals surface area contributed by atoms with Gasteiger partial charge < -0.3 is 14.8 Å². The van der Waals surface area contributed by atoms with Gasteiger partial charge in [0.1, 0.15) is 24.7 Å². The van der Waals surface area contributed by atoms with Gasteiger partial charge >= 0.3 is 0 Å². The van der Waals surface area contributed by atoms with Crippen molar-refractivity contribution in [1.29, 1.82) is 0 Å². The van der Waals surface area contributed by atoms with Crippen LogP contribution in [0.3, 0.4) is 0 Å². The van der Waals surface area contributed by atoms with E-state index in [4.69, 9.17) is 9.47 Å². The first-order chi connectivity index (χ1) is 12.4. The second-order valence-corrected chi connectivity index (χ2v) is 7.39. The molecule has 26 heavy (non-hydrogen) atoms. The summed E-state index contributed by atoms with van der Waals surface area (Å²) in [5.74, 6) is 0.896. The van der Waals surface area contributed by atoms with Gasteiger partial charge in [0.05, 0.1) is 25.6 Å². The molecular formula is C18H22N2O5S. The third-order valence-electron chi connectivity index (χ3n) is 3.47. The summed E-state index contributed by atoms with van der Waals surface area (Å²) in [5, 5.41) is 2.65. The van der Waals surface area contributed by atoms with Crippen molar-refractivity contribution in [2.45, 2.75) is 0 Å². The Kier molecular flexibility index (Phi) is 6.85. The van der Waals surface area contributed by atoms with Gasteiger partial charge in [-0.2, -0.15) is 0 Å². The maximum atomic E-state index is 12.1. The monoisotopic (exact) mass is 378 g/mol. The lowest BCUT2D eigenvalue weighted by molar-refractivity contribution is -0.119. The largest absolute Gasteiger partial charge is 0.497 e. The van der Waals surface area contributed by atoms with Crippen LogP contribution in [0.2, 0.25) is 0 Å². The highest BCUT2D eigenvalue weighted by atomic mass is 32.2. The Bertz CT molecular complexity index is 824. The van der Waals surface area contributed by atoms with E-state index in [2.05, 4.69) is 5.32 Å². The van der Waals surface area contributed by atoms with Crippen LogP contribution in [0.1, 0.15) is 0 Å². The lowest BCUT2D eigenvalue weighted by Crippen LogP contribution is -2.41. The smallest absolute Gasteiger partial charge is 0.240 e. The molecule has 0 aliphatic rings. The summed E-state index contributed by atoms with van der Waals surface area (Å²) in [5.41, 5.74) is 0.442. The number of benzene rings is 2. The molecule has 2 aromatic carbocycles. The number of rotatable bonds is 9. The molecule has 1 N–H and O–H groups in total. The van der Waals surface area contributed by atoms with E-state index in [1.165, 1.54) is 0 Å². The van der Waals surface area contributed by atoms with Crippen molar-refractivity contribution in [3.05, 3.63) is 54.6 Å². The second-order valence-electron chi connectivity index (χ2n) is 5.48. The third kappa shape index (κ3) is 5.96. The standard InChI is InChI=1S/C18H22N2O5S/c1-24-16-9-6-10-17(13-16)25-12-11-19-18(21)14-20(26(2,22)23)15-7-4-3-5-8-15/h3-10,13H,11-12,14H2,1-2H3,(H,19,21). The van der Waals surface area contributed by atoms with Gasteiger partial charge in [-0.05, 0) is 24.3 Å². The highest BCUT2D eigenvalue weighted by Gasteiger charge is 2.20. The maximum absolute atomic E-state index is 12.1. The lowest BCUT2D eigenvalue weighted by Gasteiger charge is -2.21. The van der Waals surface area contributed by atoms with Crippen LogP contribution in [0.15, 0.2) is 54.6 Å². The van der Waals surface area contributed by atoms with Crippen molar-refractivity contribution in [2.75, 3.05) is 37.4 Å². The highest BCUT2D eigenvalue weighted by Crippen LogP contribution is 2.18. The number of hydrogen-bond donors (Lipinski definition) is 1. The zero-order valence-electron chi connectivity index (χ0n) is 14.7. The Balaban J connectivity index is 1.85. The maximum Gasteiger partial charge on any atom is 0.240 e. The molecule has 0 aromatic heterocycles. The molecule has 0 bridgehead atoms. The van der Waals surface area contributed by atoms with Crippen molar-refractivity contribution < 1.29 is 22.7 Å². The van der Waals surface area contributed by atoms with E-state index in [0.29, 0.717) is 17.2 Å². The molecule has 0 heterocycles. The first-order valence-electron chi connectivity index (χ1n) is 7.96. The number of para-hydroxylation sites is 1. The second kappa shape index (κ2) is 9.10. The van der Waals surface area contributed by atoms with Crippen molar-refractivity contribution in [3.8, 4) is 11.5 Å². The number of anilines is 1. The summed E-state index contributed by atoms with van der Waals surface area (Å²) in [6.07, 6.45) is 1.07. The molecule has 8 heteroatoms. The lowest BCUT2D eigenvalue weighted by atomic mass is 10.3. The zero-order chi connectivity index (χ0) is 19.0. The molecule has 0 atom stereocenters. The topological polar surface area (TPSA) is 84.9 Å². The van der Waals surface area contributed by atoms with Crippen LogP contribution in [0, 0.1) is 0 Å². The molecule has 2 rings (SSSR count). The number of ether oxygens (including phenoxy) is 2. The van der Waals surface area contributed by atoms with Gasteiger partial charge in [0.25, 0.3) is 0 Å². The van der Waals surface area contributed by atoms with E-state index in [-0.39, 0.29) is 19.7 Å². The summed E-state index contributed by atoms with van der Waals surface area (Å²) < 4.78 is 35.6. The Morgan fingerprint density at radius 2 is 1.77 bits per heavy atom. The van der Waals surface area contributed by atoms with E-state index < -0.39 is 15.9 Å². The highest BCUT2D eigenvalue weighted by molar-refractivity contribution is 7.92. The van der Waals surface area contributed by atoms with Gasteiger partial charge in [0.2, 0.25) is 15.9 Å². The van der Waals surface area contributed by atoms with Crippen molar-refractivity contribution >= 4 is 21.6 Å². The van der Waals surface area contributed by atoms with Gasteiger partial charge in [-0.15, -0.1) is 0 Å². The van der Waals surface area contributed by atoms with Crippen LogP contribution in [-0.2, 0) is 14.8 Å². The average molecular weight is 378 g/mol. The van der Waals surface area contributed by atoms with Crippen LogP contribution in [0.5, 0.6) is 11.5 Å². The minimum Gasteiger partial charge on any atom is -0.497 e. The van der Waals surface area contributed by atoms with E-state index in [1.807, 2.05) is 0 Å². The summed E-state index contributed by atoms with van der Waals surface area (Å²) in [6.45, 7) is 0.216. The molecule has 0 aliphatic heterocycles. The predicted octanol–water partition coefficient (Wildman–Crippen LogP) is 1.66. The Hall–Kier alpha value is -2.74. The van der Waals surface area contributed by atoms with Gasteiger partial charge in [0.15, 0.2) is 0 Å². The molecule has 1 amide bonds. The summed E-state index contributed by atoms with van der Waals surface area (Å²) in [6, 6.07) is 15.6. The number of carbonyl (C=O) groups excluding carboxylic acids is 1. The molecule has 0 saturated heterocycles.